The normalized spacial score (nSPS) is 40.2. The highest BCUT2D eigenvalue weighted by molar-refractivity contribution is 5.23. The second-order valence-corrected chi connectivity index (χ2v) is 7.48. The second-order valence-electron chi connectivity index (χ2n) is 7.48. The van der Waals surface area contributed by atoms with Crippen molar-refractivity contribution in [3.63, 3.8) is 0 Å². The van der Waals surface area contributed by atoms with Crippen LogP contribution >= 0.6 is 0 Å². The van der Waals surface area contributed by atoms with E-state index in [1.165, 1.54) is 37.7 Å². The van der Waals surface area contributed by atoms with E-state index >= 15 is 0 Å². The van der Waals surface area contributed by atoms with E-state index in [1.807, 2.05) is 6.26 Å². The maximum atomic E-state index is 5.59. The van der Waals surface area contributed by atoms with Gasteiger partial charge in [-0.3, -0.25) is 0 Å². The Bertz CT molecular complexity index is 450. The SMILES string of the molecule is CCNC(c1ccoc1C)C1C2CC3CC(C2)CC1C3. The minimum absolute atomic E-state index is 0.522. The van der Waals surface area contributed by atoms with E-state index in [1.54, 1.807) is 0 Å². The lowest BCUT2D eigenvalue weighted by Crippen LogP contribution is -2.49. The van der Waals surface area contributed by atoms with Crippen molar-refractivity contribution in [2.75, 3.05) is 6.54 Å². The Labute approximate surface area is 122 Å². The lowest BCUT2D eigenvalue weighted by Gasteiger charge is -2.56. The van der Waals surface area contributed by atoms with E-state index in [0.717, 1.165) is 41.9 Å². The zero-order valence-corrected chi connectivity index (χ0v) is 12.8. The molecule has 0 aliphatic heterocycles. The minimum atomic E-state index is 0.522. The molecule has 1 aromatic rings. The Morgan fingerprint density at radius 2 is 1.80 bits per heavy atom. The van der Waals surface area contributed by atoms with E-state index in [-0.39, 0.29) is 0 Å². The summed E-state index contributed by atoms with van der Waals surface area (Å²) in [5, 5.41) is 3.79. The number of hydrogen-bond acceptors (Lipinski definition) is 2. The van der Waals surface area contributed by atoms with Crippen molar-refractivity contribution in [1.29, 1.82) is 0 Å². The van der Waals surface area contributed by atoms with Crippen molar-refractivity contribution >= 4 is 0 Å². The summed E-state index contributed by atoms with van der Waals surface area (Å²) in [6, 6.07) is 2.72. The van der Waals surface area contributed by atoms with Gasteiger partial charge in [0, 0.05) is 11.6 Å². The molecule has 4 bridgehead atoms. The van der Waals surface area contributed by atoms with Gasteiger partial charge in [0.25, 0.3) is 0 Å². The van der Waals surface area contributed by atoms with Crippen LogP contribution in [-0.4, -0.2) is 6.54 Å². The third kappa shape index (κ3) is 1.95. The van der Waals surface area contributed by atoms with Crippen LogP contribution < -0.4 is 5.32 Å². The molecule has 2 heteroatoms. The van der Waals surface area contributed by atoms with Crippen molar-refractivity contribution in [1.82, 2.24) is 5.32 Å². The van der Waals surface area contributed by atoms with Crippen LogP contribution in [0.2, 0.25) is 0 Å². The molecule has 0 aromatic carbocycles. The average Bonchev–Trinajstić information content (AvgIpc) is 2.82. The maximum absolute atomic E-state index is 5.59. The number of nitrogens with one attached hydrogen (secondary N) is 1. The molecule has 4 fully saturated rings. The van der Waals surface area contributed by atoms with Gasteiger partial charge in [-0.25, -0.2) is 0 Å². The molecule has 4 saturated carbocycles. The molecule has 0 spiro atoms. The molecule has 0 radical (unpaired) electrons. The van der Waals surface area contributed by atoms with Gasteiger partial charge in [0.15, 0.2) is 0 Å². The molecular weight excluding hydrogens is 246 g/mol. The summed E-state index contributed by atoms with van der Waals surface area (Å²) in [7, 11) is 0. The maximum Gasteiger partial charge on any atom is 0.105 e. The van der Waals surface area contributed by atoms with Crippen LogP contribution in [0.1, 0.15) is 56.4 Å². The average molecular weight is 273 g/mol. The highest BCUT2D eigenvalue weighted by Gasteiger charge is 2.50. The smallest absolute Gasteiger partial charge is 0.105 e. The molecule has 110 valence electrons. The van der Waals surface area contributed by atoms with Crippen LogP contribution in [0, 0.1) is 36.5 Å². The third-order valence-electron chi connectivity index (χ3n) is 6.34. The van der Waals surface area contributed by atoms with Crippen LogP contribution in [-0.2, 0) is 0 Å². The van der Waals surface area contributed by atoms with Crippen LogP contribution in [0.3, 0.4) is 0 Å². The van der Waals surface area contributed by atoms with Crippen molar-refractivity contribution in [2.45, 2.75) is 52.0 Å². The fourth-order valence-electron chi connectivity index (χ4n) is 5.90. The molecule has 1 heterocycles. The predicted octanol–water partition coefficient (Wildman–Crippen LogP) is 4.31. The third-order valence-corrected chi connectivity index (χ3v) is 6.34. The molecule has 1 aromatic heterocycles. The van der Waals surface area contributed by atoms with Crippen molar-refractivity contribution in [2.24, 2.45) is 29.6 Å². The van der Waals surface area contributed by atoms with E-state index < -0.39 is 0 Å². The lowest BCUT2D eigenvalue weighted by atomic mass is 9.50. The fraction of sp³-hybridized carbons (Fsp3) is 0.778. The molecule has 1 unspecified atom stereocenters. The van der Waals surface area contributed by atoms with Gasteiger partial charge >= 0.3 is 0 Å². The number of furan rings is 1. The summed E-state index contributed by atoms with van der Waals surface area (Å²) in [6.07, 6.45) is 9.39. The van der Waals surface area contributed by atoms with Gasteiger partial charge in [-0.2, -0.15) is 0 Å². The number of hydrogen-bond donors (Lipinski definition) is 1. The van der Waals surface area contributed by atoms with Gasteiger partial charge in [0.1, 0.15) is 5.76 Å². The highest BCUT2D eigenvalue weighted by atomic mass is 16.3. The Balaban J connectivity index is 1.65. The summed E-state index contributed by atoms with van der Waals surface area (Å²) < 4.78 is 5.59. The Hall–Kier alpha value is -0.760. The number of aryl methyl sites for hydroxylation is 1. The quantitative estimate of drug-likeness (QED) is 0.884. The van der Waals surface area contributed by atoms with E-state index in [2.05, 4.69) is 25.2 Å². The van der Waals surface area contributed by atoms with Crippen molar-refractivity contribution in [3.05, 3.63) is 23.7 Å². The van der Waals surface area contributed by atoms with E-state index in [9.17, 15) is 0 Å². The predicted molar refractivity (Wildman–Crippen MR) is 80.4 cm³/mol. The zero-order valence-electron chi connectivity index (χ0n) is 12.8. The molecule has 5 rings (SSSR count). The van der Waals surface area contributed by atoms with Gasteiger partial charge in [0.2, 0.25) is 0 Å². The zero-order chi connectivity index (χ0) is 13.7. The van der Waals surface area contributed by atoms with Crippen LogP contribution in [0.25, 0.3) is 0 Å². The minimum Gasteiger partial charge on any atom is -0.469 e. The highest BCUT2D eigenvalue weighted by Crippen LogP contribution is 2.59. The molecule has 0 saturated heterocycles. The van der Waals surface area contributed by atoms with Crippen molar-refractivity contribution in [3.8, 4) is 0 Å². The topological polar surface area (TPSA) is 25.2 Å². The first kappa shape index (κ1) is 12.9. The fourth-order valence-corrected chi connectivity index (χ4v) is 5.90. The summed E-state index contributed by atoms with van der Waals surface area (Å²) >= 11 is 0. The summed E-state index contributed by atoms with van der Waals surface area (Å²) in [5.41, 5.74) is 1.42. The molecule has 1 atom stereocenters. The molecular formula is C18H27NO. The number of rotatable bonds is 4. The Morgan fingerprint density at radius 3 is 2.30 bits per heavy atom. The molecule has 4 aliphatic carbocycles. The first-order chi connectivity index (χ1) is 9.76. The summed E-state index contributed by atoms with van der Waals surface area (Å²) in [5.74, 6) is 6.00. The summed E-state index contributed by atoms with van der Waals surface area (Å²) in [6.45, 7) is 5.41. The van der Waals surface area contributed by atoms with Crippen LogP contribution in [0.4, 0.5) is 0 Å². The van der Waals surface area contributed by atoms with Gasteiger partial charge < -0.3 is 9.73 Å². The Morgan fingerprint density at radius 1 is 1.15 bits per heavy atom. The molecule has 20 heavy (non-hydrogen) atoms. The second kappa shape index (κ2) is 4.91. The Kier molecular flexibility index (Phi) is 3.17. The van der Waals surface area contributed by atoms with E-state index in [4.69, 9.17) is 4.42 Å². The molecule has 0 amide bonds. The summed E-state index contributed by atoms with van der Waals surface area (Å²) in [4.78, 5) is 0. The van der Waals surface area contributed by atoms with Crippen LogP contribution in [0.15, 0.2) is 16.7 Å². The first-order valence-corrected chi connectivity index (χ1v) is 8.53. The lowest BCUT2D eigenvalue weighted by molar-refractivity contribution is -0.0524. The van der Waals surface area contributed by atoms with Crippen LogP contribution in [0.5, 0.6) is 0 Å². The largest absolute Gasteiger partial charge is 0.469 e. The van der Waals surface area contributed by atoms with Crippen molar-refractivity contribution < 1.29 is 4.42 Å². The molecule has 1 N–H and O–H groups in total. The monoisotopic (exact) mass is 273 g/mol. The molecule has 4 aliphatic rings. The van der Waals surface area contributed by atoms with E-state index in [0.29, 0.717) is 6.04 Å². The standard InChI is InChI=1S/C18H27NO/c1-3-19-18(16-4-5-20-11(16)2)17-14-7-12-6-13(9-14)10-15(17)8-12/h4-5,12-15,17-19H,3,6-10H2,1-2H3. The van der Waals surface area contributed by atoms with Gasteiger partial charge in [0.05, 0.1) is 6.26 Å². The first-order valence-electron chi connectivity index (χ1n) is 8.53. The molecule has 2 nitrogen and oxygen atoms in total. The van der Waals surface area contributed by atoms with Gasteiger partial charge in [-0.05, 0) is 81.2 Å². The van der Waals surface area contributed by atoms with Gasteiger partial charge in [-0.1, -0.05) is 6.92 Å². The van der Waals surface area contributed by atoms with Gasteiger partial charge in [-0.15, -0.1) is 0 Å².